The van der Waals surface area contributed by atoms with Crippen LogP contribution in [0.5, 0.6) is 0 Å². The Morgan fingerprint density at radius 3 is 2.05 bits per heavy atom. The van der Waals surface area contributed by atoms with Gasteiger partial charge >= 0.3 is 0 Å². The normalized spacial score (nSPS) is 25.3. The number of rotatable bonds is 5. The Morgan fingerprint density at radius 1 is 0.895 bits per heavy atom. The minimum atomic E-state index is 0.723. The fourth-order valence-corrected chi connectivity index (χ4v) is 3.46. The van der Waals surface area contributed by atoms with Gasteiger partial charge in [-0.15, -0.1) is 0 Å². The molecular formula is C16H33N3. The zero-order valence-corrected chi connectivity index (χ0v) is 13.3. The summed E-state index contributed by atoms with van der Waals surface area (Å²) in [6.45, 7) is 17.3. The summed E-state index contributed by atoms with van der Waals surface area (Å²) >= 11 is 0. The van der Waals surface area contributed by atoms with Crippen LogP contribution in [0.4, 0.5) is 0 Å². The van der Waals surface area contributed by atoms with Crippen LogP contribution in [0.2, 0.25) is 0 Å². The Labute approximate surface area is 119 Å². The highest BCUT2D eigenvalue weighted by atomic mass is 15.3. The van der Waals surface area contributed by atoms with Gasteiger partial charge in [-0.05, 0) is 65.2 Å². The van der Waals surface area contributed by atoms with Crippen LogP contribution in [0, 0.1) is 5.92 Å². The van der Waals surface area contributed by atoms with Crippen LogP contribution in [-0.4, -0.2) is 73.1 Å². The van der Waals surface area contributed by atoms with Crippen LogP contribution in [0.1, 0.15) is 40.0 Å². The smallest absolute Gasteiger partial charge is 0.0113 e. The van der Waals surface area contributed by atoms with Gasteiger partial charge in [0.1, 0.15) is 0 Å². The predicted octanol–water partition coefficient (Wildman–Crippen LogP) is 2.13. The molecule has 2 rings (SSSR count). The van der Waals surface area contributed by atoms with Gasteiger partial charge in [-0.25, -0.2) is 0 Å². The minimum absolute atomic E-state index is 0.723. The molecule has 2 heterocycles. The van der Waals surface area contributed by atoms with Crippen molar-refractivity contribution in [1.82, 2.24) is 14.7 Å². The monoisotopic (exact) mass is 267 g/mol. The SMILES string of the molecule is CCN1CCC(CCN2CCN(C(C)C)CC2)CC1. The molecule has 0 saturated carbocycles. The van der Waals surface area contributed by atoms with Gasteiger partial charge in [0.25, 0.3) is 0 Å². The molecule has 2 aliphatic rings. The van der Waals surface area contributed by atoms with Crippen molar-refractivity contribution in [3.05, 3.63) is 0 Å². The summed E-state index contributed by atoms with van der Waals surface area (Å²) in [6, 6.07) is 0.723. The van der Waals surface area contributed by atoms with Crippen LogP contribution >= 0.6 is 0 Å². The van der Waals surface area contributed by atoms with E-state index in [0.717, 1.165) is 12.0 Å². The van der Waals surface area contributed by atoms with E-state index in [1.54, 1.807) is 0 Å². The van der Waals surface area contributed by atoms with E-state index in [1.807, 2.05) is 0 Å². The number of piperidine rings is 1. The number of piperazine rings is 1. The summed E-state index contributed by atoms with van der Waals surface area (Å²) in [5.41, 5.74) is 0. The molecule has 3 nitrogen and oxygen atoms in total. The van der Waals surface area contributed by atoms with Gasteiger partial charge < -0.3 is 9.80 Å². The molecule has 0 bridgehead atoms. The first-order valence-corrected chi connectivity index (χ1v) is 8.37. The van der Waals surface area contributed by atoms with E-state index in [9.17, 15) is 0 Å². The lowest BCUT2D eigenvalue weighted by Gasteiger charge is -2.38. The molecule has 0 unspecified atom stereocenters. The predicted molar refractivity (Wildman–Crippen MR) is 82.6 cm³/mol. The number of likely N-dealkylation sites (tertiary alicyclic amines) is 1. The zero-order valence-electron chi connectivity index (χ0n) is 13.3. The van der Waals surface area contributed by atoms with Gasteiger partial charge in [0, 0.05) is 32.2 Å². The fourth-order valence-electron chi connectivity index (χ4n) is 3.46. The van der Waals surface area contributed by atoms with E-state index in [2.05, 4.69) is 35.5 Å². The van der Waals surface area contributed by atoms with Gasteiger partial charge in [-0.1, -0.05) is 6.92 Å². The first kappa shape index (κ1) is 15.3. The average molecular weight is 267 g/mol. The maximum atomic E-state index is 2.69. The molecule has 2 aliphatic heterocycles. The molecule has 0 atom stereocenters. The second kappa shape index (κ2) is 7.61. The molecule has 112 valence electrons. The van der Waals surface area contributed by atoms with E-state index in [4.69, 9.17) is 0 Å². The lowest BCUT2D eigenvalue weighted by molar-refractivity contribution is 0.0981. The second-order valence-corrected chi connectivity index (χ2v) is 6.64. The van der Waals surface area contributed by atoms with Crippen LogP contribution in [-0.2, 0) is 0 Å². The molecule has 0 amide bonds. The molecule has 19 heavy (non-hydrogen) atoms. The van der Waals surface area contributed by atoms with Gasteiger partial charge in [0.2, 0.25) is 0 Å². The quantitative estimate of drug-likeness (QED) is 0.755. The minimum Gasteiger partial charge on any atom is -0.304 e. The first-order chi connectivity index (χ1) is 9.19. The third kappa shape index (κ3) is 4.73. The Kier molecular flexibility index (Phi) is 6.11. The van der Waals surface area contributed by atoms with Gasteiger partial charge in [0.15, 0.2) is 0 Å². The summed E-state index contributed by atoms with van der Waals surface area (Å²) in [5, 5.41) is 0. The maximum Gasteiger partial charge on any atom is 0.0113 e. The van der Waals surface area contributed by atoms with E-state index < -0.39 is 0 Å². The molecule has 2 saturated heterocycles. The second-order valence-electron chi connectivity index (χ2n) is 6.64. The molecule has 0 aromatic heterocycles. The standard InChI is InChI=1S/C16H33N3/c1-4-17-8-5-16(6-9-17)7-10-18-11-13-19(14-12-18)15(2)3/h15-16H,4-14H2,1-3H3. The van der Waals surface area contributed by atoms with Crippen molar-refractivity contribution in [2.24, 2.45) is 5.92 Å². The van der Waals surface area contributed by atoms with Crippen LogP contribution in [0.3, 0.4) is 0 Å². The largest absolute Gasteiger partial charge is 0.304 e. The van der Waals surface area contributed by atoms with Crippen LogP contribution in [0.15, 0.2) is 0 Å². The van der Waals surface area contributed by atoms with Crippen LogP contribution in [0.25, 0.3) is 0 Å². The average Bonchev–Trinajstić information content (AvgIpc) is 2.46. The first-order valence-electron chi connectivity index (χ1n) is 8.37. The molecule has 0 N–H and O–H groups in total. The van der Waals surface area contributed by atoms with E-state index in [0.29, 0.717) is 0 Å². The summed E-state index contributed by atoms with van der Waals surface area (Å²) < 4.78 is 0. The van der Waals surface area contributed by atoms with E-state index in [-0.39, 0.29) is 0 Å². The van der Waals surface area contributed by atoms with Crippen molar-refractivity contribution >= 4 is 0 Å². The van der Waals surface area contributed by atoms with Crippen LogP contribution < -0.4 is 0 Å². The summed E-state index contributed by atoms with van der Waals surface area (Å²) in [7, 11) is 0. The van der Waals surface area contributed by atoms with Crippen molar-refractivity contribution in [1.29, 1.82) is 0 Å². The highest BCUT2D eigenvalue weighted by Crippen LogP contribution is 2.21. The summed E-state index contributed by atoms with van der Waals surface area (Å²) in [6.07, 6.45) is 4.29. The molecule has 2 fully saturated rings. The van der Waals surface area contributed by atoms with Crippen molar-refractivity contribution in [2.75, 3.05) is 52.4 Å². The van der Waals surface area contributed by atoms with Gasteiger partial charge in [-0.2, -0.15) is 0 Å². The maximum absolute atomic E-state index is 2.69. The lowest BCUT2D eigenvalue weighted by atomic mass is 9.93. The summed E-state index contributed by atoms with van der Waals surface area (Å²) in [5.74, 6) is 0.992. The van der Waals surface area contributed by atoms with E-state index >= 15 is 0 Å². The third-order valence-electron chi connectivity index (χ3n) is 5.15. The fraction of sp³-hybridized carbons (Fsp3) is 1.00. The molecule has 3 heteroatoms. The zero-order chi connectivity index (χ0) is 13.7. The van der Waals surface area contributed by atoms with Crippen molar-refractivity contribution in [3.63, 3.8) is 0 Å². The van der Waals surface area contributed by atoms with Crippen molar-refractivity contribution in [3.8, 4) is 0 Å². The van der Waals surface area contributed by atoms with Gasteiger partial charge in [0.05, 0.1) is 0 Å². The number of hydrogen-bond donors (Lipinski definition) is 0. The van der Waals surface area contributed by atoms with Crippen molar-refractivity contribution < 1.29 is 0 Å². The number of hydrogen-bond acceptors (Lipinski definition) is 3. The third-order valence-corrected chi connectivity index (χ3v) is 5.15. The lowest BCUT2D eigenvalue weighted by Crippen LogP contribution is -2.49. The molecule has 0 aromatic carbocycles. The Bertz CT molecular complexity index is 238. The summed E-state index contributed by atoms with van der Waals surface area (Å²) in [4.78, 5) is 7.89. The molecule has 0 aliphatic carbocycles. The molecule has 0 spiro atoms. The Balaban J connectivity index is 1.59. The molecule has 0 aromatic rings. The molecular weight excluding hydrogens is 234 g/mol. The Hall–Kier alpha value is -0.120. The topological polar surface area (TPSA) is 9.72 Å². The van der Waals surface area contributed by atoms with Gasteiger partial charge in [-0.3, -0.25) is 4.90 Å². The Morgan fingerprint density at radius 2 is 1.53 bits per heavy atom. The van der Waals surface area contributed by atoms with E-state index in [1.165, 1.54) is 71.6 Å². The molecule has 0 radical (unpaired) electrons. The van der Waals surface area contributed by atoms with Crippen molar-refractivity contribution in [2.45, 2.75) is 46.1 Å². The highest BCUT2D eigenvalue weighted by molar-refractivity contribution is 4.77. The number of nitrogens with zero attached hydrogens (tertiary/aromatic N) is 3. The highest BCUT2D eigenvalue weighted by Gasteiger charge is 2.21.